The summed E-state index contributed by atoms with van der Waals surface area (Å²) in [6.07, 6.45) is 2.60. The molecule has 0 aromatic rings. The van der Waals surface area contributed by atoms with Crippen LogP contribution in [0, 0.1) is 5.92 Å². The molecule has 4 heteroatoms. The smallest absolute Gasteiger partial charge is 0.0620 e. The molecule has 0 radical (unpaired) electrons. The van der Waals surface area contributed by atoms with Gasteiger partial charge < -0.3 is 14.8 Å². The first-order chi connectivity index (χ1) is 8.69. The van der Waals surface area contributed by atoms with E-state index in [2.05, 4.69) is 24.1 Å². The molecule has 0 aromatic heterocycles. The molecular formula is C14H30N2O2. The van der Waals surface area contributed by atoms with E-state index in [-0.39, 0.29) is 0 Å². The van der Waals surface area contributed by atoms with Crippen LogP contribution in [0.5, 0.6) is 0 Å². The van der Waals surface area contributed by atoms with Gasteiger partial charge in [-0.3, -0.25) is 4.90 Å². The van der Waals surface area contributed by atoms with Gasteiger partial charge in [0.25, 0.3) is 0 Å². The Bertz CT molecular complexity index is 206. The Hall–Kier alpha value is -0.160. The van der Waals surface area contributed by atoms with Gasteiger partial charge in [0.15, 0.2) is 0 Å². The third-order valence-corrected chi connectivity index (χ3v) is 3.78. The van der Waals surface area contributed by atoms with Crippen LogP contribution in [0.25, 0.3) is 0 Å². The third kappa shape index (κ3) is 5.22. The molecule has 1 aliphatic rings. The first kappa shape index (κ1) is 15.9. The molecule has 0 bridgehead atoms. The minimum absolute atomic E-state index is 0.479. The van der Waals surface area contributed by atoms with Crippen LogP contribution in [0.1, 0.15) is 26.7 Å². The van der Waals surface area contributed by atoms with Crippen LogP contribution in [0.15, 0.2) is 0 Å². The molecule has 0 saturated carbocycles. The fourth-order valence-corrected chi connectivity index (χ4v) is 2.69. The van der Waals surface area contributed by atoms with Crippen molar-refractivity contribution in [2.45, 2.75) is 38.8 Å². The van der Waals surface area contributed by atoms with Gasteiger partial charge in [-0.05, 0) is 25.3 Å². The summed E-state index contributed by atoms with van der Waals surface area (Å²) in [7, 11) is 3.56. The molecule has 4 nitrogen and oxygen atoms in total. The van der Waals surface area contributed by atoms with Crippen LogP contribution in [0.3, 0.4) is 0 Å². The summed E-state index contributed by atoms with van der Waals surface area (Å²) in [6.45, 7) is 9.39. The largest absolute Gasteiger partial charge is 0.383 e. The fourth-order valence-electron chi connectivity index (χ4n) is 2.69. The van der Waals surface area contributed by atoms with Crippen LogP contribution in [0.2, 0.25) is 0 Å². The molecule has 18 heavy (non-hydrogen) atoms. The average Bonchev–Trinajstić information content (AvgIpc) is 2.84. The van der Waals surface area contributed by atoms with Crippen molar-refractivity contribution in [2.24, 2.45) is 5.92 Å². The summed E-state index contributed by atoms with van der Waals surface area (Å²) < 4.78 is 10.6. The number of methoxy groups -OCH3 is 2. The van der Waals surface area contributed by atoms with Gasteiger partial charge in [-0.1, -0.05) is 13.8 Å². The van der Waals surface area contributed by atoms with E-state index in [4.69, 9.17) is 9.47 Å². The Morgan fingerprint density at radius 2 is 2.06 bits per heavy atom. The minimum Gasteiger partial charge on any atom is -0.383 e. The van der Waals surface area contributed by atoms with E-state index in [1.54, 1.807) is 14.2 Å². The minimum atomic E-state index is 0.479. The molecule has 1 rings (SSSR count). The lowest BCUT2D eigenvalue weighted by atomic mass is 10.0. The van der Waals surface area contributed by atoms with Crippen molar-refractivity contribution in [1.29, 1.82) is 0 Å². The zero-order valence-electron chi connectivity index (χ0n) is 12.4. The number of ether oxygens (including phenoxy) is 2. The highest BCUT2D eigenvalue weighted by atomic mass is 16.5. The molecule has 1 fully saturated rings. The van der Waals surface area contributed by atoms with Gasteiger partial charge in [0.05, 0.1) is 13.2 Å². The van der Waals surface area contributed by atoms with Crippen molar-refractivity contribution in [2.75, 3.05) is 47.1 Å². The second-order valence-corrected chi connectivity index (χ2v) is 5.55. The van der Waals surface area contributed by atoms with E-state index < -0.39 is 0 Å². The molecule has 108 valence electrons. The second kappa shape index (κ2) is 8.86. The normalized spacial score (nSPS) is 22.0. The quantitative estimate of drug-likeness (QED) is 0.677. The number of nitrogens with zero attached hydrogens (tertiary/aromatic N) is 1. The Morgan fingerprint density at radius 1 is 1.28 bits per heavy atom. The van der Waals surface area contributed by atoms with Gasteiger partial charge in [0.2, 0.25) is 0 Å². The van der Waals surface area contributed by atoms with Crippen molar-refractivity contribution < 1.29 is 9.47 Å². The molecular weight excluding hydrogens is 228 g/mol. The summed E-state index contributed by atoms with van der Waals surface area (Å²) in [6, 6.07) is 1.12. The lowest BCUT2D eigenvalue weighted by Gasteiger charge is -2.35. The topological polar surface area (TPSA) is 33.7 Å². The second-order valence-electron chi connectivity index (χ2n) is 5.55. The molecule has 0 spiro atoms. The molecule has 1 N–H and O–H groups in total. The number of nitrogens with one attached hydrogen (secondary N) is 1. The van der Waals surface area contributed by atoms with E-state index in [9.17, 15) is 0 Å². The van der Waals surface area contributed by atoms with Crippen molar-refractivity contribution in [1.82, 2.24) is 10.2 Å². The number of hydrogen-bond acceptors (Lipinski definition) is 4. The molecule has 1 heterocycles. The highest BCUT2D eigenvalue weighted by molar-refractivity contribution is 4.82. The van der Waals surface area contributed by atoms with Crippen LogP contribution < -0.4 is 5.32 Å². The Morgan fingerprint density at radius 3 is 2.56 bits per heavy atom. The predicted molar refractivity (Wildman–Crippen MR) is 75.0 cm³/mol. The standard InChI is InChI=1S/C14H30N2O2/c1-12(2)14(11-18-4)16(8-9-17-3)10-13-6-5-7-15-13/h12-15H,5-11H2,1-4H3. The lowest BCUT2D eigenvalue weighted by molar-refractivity contribution is 0.0414. The van der Waals surface area contributed by atoms with Crippen LogP contribution in [-0.4, -0.2) is 64.1 Å². The predicted octanol–water partition coefficient (Wildman–Crippen LogP) is 1.36. The molecule has 2 unspecified atom stereocenters. The van der Waals surface area contributed by atoms with Gasteiger partial charge in [-0.25, -0.2) is 0 Å². The van der Waals surface area contributed by atoms with E-state index >= 15 is 0 Å². The van der Waals surface area contributed by atoms with E-state index in [0.717, 1.165) is 26.3 Å². The molecule has 0 aliphatic carbocycles. The Balaban J connectivity index is 2.54. The number of rotatable bonds is 9. The summed E-state index contributed by atoms with van der Waals surface area (Å²) in [5.41, 5.74) is 0. The van der Waals surface area contributed by atoms with Gasteiger partial charge in [0, 0.05) is 39.4 Å². The number of hydrogen-bond donors (Lipinski definition) is 1. The van der Waals surface area contributed by atoms with Crippen LogP contribution in [-0.2, 0) is 9.47 Å². The summed E-state index contributed by atoms with van der Waals surface area (Å²) in [5, 5.41) is 3.58. The first-order valence-electron chi connectivity index (χ1n) is 7.14. The monoisotopic (exact) mass is 258 g/mol. The summed E-state index contributed by atoms with van der Waals surface area (Å²) in [4.78, 5) is 2.53. The van der Waals surface area contributed by atoms with Crippen LogP contribution in [0.4, 0.5) is 0 Å². The van der Waals surface area contributed by atoms with Crippen molar-refractivity contribution >= 4 is 0 Å². The van der Waals surface area contributed by atoms with E-state index in [1.165, 1.54) is 19.4 Å². The zero-order valence-corrected chi connectivity index (χ0v) is 12.4. The molecule has 1 aliphatic heterocycles. The van der Waals surface area contributed by atoms with E-state index in [0.29, 0.717) is 18.0 Å². The van der Waals surface area contributed by atoms with E-state index in [1.807, 2.05) is 0 Å². The Labute approximate surface area is 112 Å². The molecule has 1 saturated heterocycles. The fraction of sp³-hybridized carbons (Fsp3) is 1.00. The maximum absolute atomic E-state index is 5.39. The molecule has 0 amide bonds. The zero-order chi connectivity index (χ0) is 13.4. The van der Waals surface area contributed by atoms with Gasteiger partial charge in [-0.2, -0.15) is 0 Å². The SMILES string of the molecule is COCCN(CC1CCCN1)C(COC)C(C)C. The molecule has 2 atom stereocenters. The van der Waals surface area contributed by atoms with Crippen molar-refractivity contribution in [3.05, 3.63) is 0 Å². The van der Waals surface area contributed by atoms with Gasteiger partial charge in [-0.15, -0.1) is 0 Å². The molecule has 0 aromatic carbocycles. The lowest BCUT2D eigenvalue weighted by Crippen LogP contribution is -2.48. The summed E-state index contributed by atoms with van der Waals surface area (Å²) >= 11 is 0. The highest BCUT2D eigenvalue weighted by Crippen LogP contribution is 2.15. The Kier molecular flexibility index (Phi) is 7.82. The highest BCUT2D eigenvalue weighted by Gasteiger charge is 2.25. The first-order valence-corrected chi connectivity index (χ1v) is 7.14. The van der Waals surface area contributed by atoms with Crippen molar-refractivity contribution in [3.63, 3.8) is 0 Å². The maximum Gasteiger partial charge on any atom is 0.0620 e. The maximum atomic E-state index is 5.39. The summed E-state index contributed by atoms with van der Waals surface area (Å²) in [5.74, 6) is 0.600. The average molecular weight is 258 g/mol. The van der Waals surface area contributed by atoms with Crippen LogP contribution >= 0.6 is 0 Å². The van der Waals surface area contributed by atoms with Gasteiger partial charge in [0.1, 0.15) is 0 Å². The van der Waals surface area contributed by atoms with Crippen molar-refractivity contribution in [3.8, 4) is 0 Å². The van der Waals surface area contributed by atoms with Gasteiger partial charge >= 0.3 is 0 Å². The third-order valence-electron chi connectivity index (χ3n) is 3.78.